The Balaban J connectivity index is 1.31. The van der Waals surface area contributed by atoms with E-state index >= 15 is 0 Å². The van der Waals surface area contributed by atoms with Crippen LogP contribution < -0.4 is 5.32 Å². The molecule has 0 saturated carbocycles. The lowest BCUT2D eigenvalue weighted by molar-refractivity contribution is 0.0858. The number of carbonyl (C=O) groups excluding carboxylic acids is 2. The molecule has 0 unspecified atom stereocenters. The van der Waals surface area contributed by atoms with Crippen molar-refractivity contribution in [3.8, 4) is 0 Å². The summed E-state index contributed by atoms with van der Waals surface area (Å²) in [6, 6.07) is 17.9. The van der Waals surface area contributed by atoms with E-state index in [1.54, 1.807) is 0 Å². The van der Waals surface area contributed by atoms with Crippen molar-refractivity contribution >= 4 is 11.7 Å². The summed E-state index contributed by atoms with van der Waals surface area (Å²) in [6.07, 6.45) is 1.57. The number of aromatic nitrogens is 1. The van der Waals surface area contributed by atoms with Crippen LogP contribution in [0.5, 0.6) is 0 Å². The molecular formula is C27H30FN3O2. The molecule has 172 valence electrons. The highest BCUT2D eigenvalue weighted by Gasteiger charge is 2.24. The van der Waals surface area contributed by atoms with Crippen LogP contribution in [0.15, 0.2) is 60.7 Å². The molecule has 3 aromatic rings. The summed E-state index contributed by atoms with van der Waals surface area (Å²) in [5.74, 6) is -0.406. The van der Waals surface area contributed by atoms with E-state index in [0.717, 1.165) is 49.4 Å². The van der Waals surface area contributed by atoms with Gasteiger partial charge < -0.3 is 9.88 Å². The van der Waals surface area contributed by atoms with E-state index in [1.807, 2.05) is 38.1 Å². The zero-order chi connectivity index (χ0) is 23.4. The largest absolute Gasteiger partial charge is 0.349 e. The standard InChI is InChI=1S/C27H30FN3O2/c1-19-16-25(20(2)31(19)17-21-6-4-3-5-7-21)26(32)18-30-14-12-24(13-15-30)29-27(33)22-8-10-23(28)11-9-22/h3-11,16,24H,12-15,17-18H2,1-2H3,(H,29,33). The number of aryl methyl sites for hydroxylation is 1. The molecule has 5 nitrogen and oxygen atoms in total. The smallest absolute Gasteiger partial charge is 0.251 e. The van der Waals surface area contributed by atoms with Crippen LogP contribution in [-0.4, -0.2) is 46.8 Å². The lowest BCUT2D eigenvalue weighted by atomic mass is 10.0. The first-order chi connectivity index (χ1) is 15.9. The first kappa shape index (κ1) is 22.9. The third-order valence-corrected chi connectivity index (χ3v) is 6.45. The van der Waals surface area contributed by atoms with Crippen molar-refractivity contribution in [1.29, 1.82) is 0 Å². The van der Waals surface area contributed by atoms with Crippen LogP contribution in [0.4, 0.5) is 4.39 Å². The summed E-state index contributed by atoms with van der Waals surface area (Å²) in [7, 11) is 0. The number of hydrogen-bond acceptors (Lipinski definition) is 3. The minimum absolute atomic E-state index is 0.0600. The molecule has 1 aromatic heterocycles. The van der Waals surface area contributed by atoms with E-state index in [4.69, 9.17) is 0 Å². The van der Waals surface area contributed by atoms with Gasteiger partial charge in [-0.15, -0.1) is 0 Å². The lowest BCUT2D eigenvalue weighted by Crippen LogP contribution is -2.46. The molecule has 1 aliphatic heterocycles. The number of amides is 1. The maximum Gasteiger partial charge on any atom is 0.251 e. The Morgan fingerprint density at radius 1 is 1.00 bits per heavy atom. The van der Waals surface area contributed by atoms with Gasteiger partial charge in [0.05, 0.1) is 6.54 Å². The second kappa shape index (κ2) is 10.1. The maximum atomic E-state index is 13.1. The Labute approximate surface area is 194 Å². The molecule has 1 aliphatic rings. The Morgan fingerprint density at radius 3 is 2.33 bits per heavy atom. The minimum atomic E-state index is -0.356. The van der Waals surface area contributed by atoms with Crippen molar-refractivity contribution in [3.05, 3.63) is 94.6 Å². The van der Waals surface area contributed by atoms with Crippen LogP contribution in [0.3, 0.4) is 0 Å². The van der Waals surface area contributed by atoms with Crippen LogP contribution >= 0.6 is 0 Å². The fraction of sp³-hybridized carbons (Fsp3) is 0.333. The van der Waals surface area contributed by atoms with Crippen molar-refractivity contribution in [3.63, 3.8) is 0 Å². The number of halogens is 1. The number of Topliss-reactive ketones (excluding diaryl/α,β-unsaturated/α-hetero) is 1. The number of benzene rings is 2. The number of piperidine rings is 1. The Kier molecular flexibility index (Phi) is 7.04. The average Bonchev–Trinajstić information content (AvgIpc) is 3.10. The summed E-state index contributed by atoms with van der Waals surface area (Å²) in [5, 5.41) is 3.03. The predicted molar refractivity (Wildman–Crippen MR) is 127 cm³/mol. The number of hydrogen-bond donors (Lipinski definition) is 1. The number of rotatable bonds is 7. The van der Waals surface area contributed by atoms with Gasteiger partial charge in [-0.2, -0.15) is 0 Å². The Hall–Kier alpha value is -3.25. The Morgan fingerprint density at radius 2 is 1.67 bits per heavy atom. The highest BCUT2D eigenvalue weighted by Crippen LogP contribution is 2.19. The van der Waals surface area contributed by atoms with Crippen molar-refractivity contribution in [2.45, 2.75) is 39.3 Å². The summed E-state index contributed by atoms with van der Waals surface area (Å²) in [4.78, 5) is 27.6. The highest BCUT2D eigenvalue weighted by atomic mass is 19.1. The number of likely N-dealkylation sites (tertiary alicyclic amines) is 1. The van der Waals surface area contributed by atoms with Crippen molar-refractivity contribution in [2.75, 3.05) is 19.6 Å². The quantitative estimate of drug-likeness (QED) is 0.547. The molecule has 33 heavy (non-hydrogen) atoms. The second-order valence-electron chi connectivity index (χ2n) is 8.81. The van der Waals surface area contributed by atoms with E-state index in [1.165, 1.54) is 29.8 Å². The van der Waals surface area contributed by atoms with Gasteiger partial charge in [-0.25, -0.2) is 4.39 Å². The van der Waals surface area contributed by atoms with E-state index in [0.29, 0.717) is 12.1 Å². The minimum Gasteiger partial charge on any atom is -0.349 e. The van der Waals surface area contributed by atoms with Gasteiger partial charge in [0, 0.05) is 48.2 Å². The van der Waals surface area contributed by atoms with Gasteiger partial charge >= 0.3 is 0 Å². The van der Waals surface area contributed by atoms with Crippen molar-refractivity contribution in [1.82, 2.24) is 14.8 Å². The van der Waals surface area contributed by atoms with Gasteiger partial charge in [0.1, 0.15) is 5.82 Å². The van der Waals surface area contributed by atoms with E-state index in [9.17, 15) is 14.0 Å². The molecule has 2 heterocycles. The van der Waals surface area contributed by atoms with Crippen molar-refractivity contribution < 1.29 is 14.0 Å². The predicted octanol–water partition coefficient (Wildman–Crippen LogP) is 4.37. The SMILES string of the molecule is Cc1cc(C(=O)CN2CCC(NC(=O)c3ccc(F)cc3)CC2)c(C)n1Cc1ccccc1. The monoisotopic (exact) mass is 447 g/mol. The molecule has 0 radical (unpaired) electrons. The second-order valence-corrected chi connectivity index (χ2v) is 8.81. The van der Waals surface area contributed by atoms with E-state index in [2.05, 4.69) is 26.9 Å². The van der Waals surface area contributed by atoms with E-state index in [-0.39, 0.29) is 23.5 Å². The lowest BCUT2D eigenvalue weighted by Gasteiger charge is -2.31. The van der Waals surface area contributed by atoms with E-state index < -0.39 is 0 Å². The fourth-order valence-corrected chi connectivity index (χ4v) is 4.49. The first-order valence-corrected chi connectivity index (χ1v) is 11.4. The fourth-order valence-electron chi connectivity index (χ4n) is 4.49. The summed E-state index contributed by atoms with van der Waals surface area (Å²) in [5.41, 5.74) is 4.54. The third-order valence-electron chi connectivity index (χ3n) is 6.45. The van der Waals surface area contributed by atoms with Gasteiger partial charge in [-0.05, 0) is 62.6 Å². The van der Waals surface area contributed by atoms with Gasteiger partial charge in [0.2, 0.25) is 0 Å². The highest BCUT2D eigenvalue weighted by molar-refractivity contribution is 5.99. The number of ketones is 1. The topological polar surface area (TPSA) is 54.3 Å². The Bertz CT molecular complexity index is 1110. The van der Waals surface area contributed by atoms with Crippen LogP contribution in [0.1, 0.15) is 50.5 Å². The molecule has 4 rings (SSSR count). The molecule has 2 aromatic carbocycles. The maximum absolute atomic E-state index is 13.1. The zero-order valence-electron chi connectivity index (χ0n) is 19.2. The molecule has 0 spiro atoms. The number of nitrogens with one attached hydrogen (secondary N) is 1. The summed E-state index contributed by atoms with van der Waals surface area (Å²) in [6.45, 7) is 6.70. The van der Waals surface area contributed by atoms with Crippen LogP contribution in [0, 0.1) is 19.7 Å². The first-order valence-electron chi connectivity index (χ1n) is 11.4. The molecule has 0 bridgehead atoms. The normalized spacial score (nSPS) is 14.9. The van der Waals surface area contributed by atoms with Crippen LogP contribution in [0.2, 0.25) is 0 Å². The number of nitrogens with zero attached hydrogens (tertiary/aromatic N) is 2. The van der Waals surface area contributed by atoms with Gasteiger partial charge in [0.15, 0.2) is 5.78 Å². The molecule has 0 aliphatic carbocycles. The summed E-state index contributed by atoms with van der Waals surface area (Å²) < 4.78 is 15.3. The van der Waals surface area contributed by atoms with Crippen LogP contribution in [-0.2, 0) is 6.54 Å². The number of carbonyl (C=O) groups is 2. The van der Waals surface area contributed by atoms with Gasteiger partial charge in [-0.1, -0.05) is 30.3 Å². The van der Waals surface area contributed by atoms with Gasteiger partial charge in [-0.3, -0.25) is 14.5 Å². The molecule has 1 fully saturated rings. The zero-order valence-corrected chi connectivity index (χ0v) is 19.2. The summed E-state index contributed by atoms with van der Waals surface area (Å²) >= 11 is 0. The van der Waals surface area contributed by atoms with Gasteiger partial charge in [0.25, 0.3) is 5.91 Å². The molecule has 1 amide bonds. The average molecular weight is 448 g/mol. The molecule has 1 N–H and O–H groups in total. The molecular weight excluding hydrogens is 417 g/mol. The molecule has 1 saturated heterocycles. The molecule has 6 heteroatoms. The molecule has 0 atom stereocenters. The van der Waals surface area contributed by atoms with Crippen LogP contribution in [0.25, 0.3) is 0 Å². The van der Waals surface area contributed by atoms with Crippen molar-refractivity contribution in [2.24, 2.45) is 0 Å². The third kappa shape index (κ3) is 5.57.